The lowest BCUT2D eigenvalue weighted by Crippen LogP contribution is -2.34. The third-order valence-electron chi connectivity index (χ3n) is 5.05. The molecule has 1 N–H and O–H groups in total. The molecule has 1 amide bonds. The molecule has 0 bridgehead atoms. The van der Waals surface area contributed by atoms with Gasteiger partial charge in [0.05, 0.1) is 12.5 Å². The van der Waals surface area contributed by atoms with Crippen molar-refractivity contribution in [3.63, 3.8) is 0 Å². The van der Waals surface area contributed by atoms with Crippen LogP contribution in [0.2, 0.25) is 5.02 Å². The lowest BCUT2D eigenvalue weighted by molar-refractivity contribution is -0.121. The number of anilines is 1. The molecule has 2 aromatic carbocycles. The van der Waals surface area contributed by atoms with Crippen LogP contribution in [0.3, 0.4) is 0 Å². The number of carbonyl (C=O) groups is 1. The maximum Gasteiger partial charge on any atom is 0.224 e. The largest absolute Gasteiger partial charge is 0.371 e. The Morgan fingerprint density at radius 3 is 2.73 bits per heavy atom. The van der Waals surface area contributed by atoms with Gasteiger partial charge < -0.3 is 10.2 Å². The molecule has 0 spiro atoms. The van der Waals surface area contributed by atoms with Gasteiger partial charge in [0.15, 0.2) is 0 Å². The highest BCUT2D eigenvalue weighted by Crippen LogP contribution is 2.24. The van der Waals surface area contributed by atoms with Gasteiger partial charge in [-0.25, -0.2) is 0 Å². The van der Waals surface area contributed by atoms with Gasteiger partial charge in [0.2, 0.25) is 5.91 Å². The van der Waals surface area contributed by atoms with E-state index < -0.39 is 0 Å². The van der Waals surface area contributed by atoms with Crippen LogP contribution in [0, 0.1) is 5.92 Å². The highest BCUT2D eigenvalue weighted by atomic mass is 35.5. The zero-order valence-corrected chi connectivity index (χ0v) is 16.3. The maximum absolute atomic E-state index is 12.3. The Kier molecular flexibility index (Phi) is 6.20. The second-order valence-corrected chi connectivity index (χ2v) is 7.82. The number of rotatable bonds is 5. The van der Waals surface area contributed by atoms with Crippen LogP contribution < -0.4 is 10.2 Å². The first-order valence-corrected chi connectivity index (χ1v) is 9.78. The number of amides is 1. The molecule has 0 aromatic heterocycles. The summed E-state index contributed by atoms with van der Waals surface area (Å²) in [5.41, 5.74) is 3.33. The predicted octanol–water partition coefficient (Wildman–Crippen LogP) is 5.00. The fourth-order valence-electron chi connectivity index (χ4n) is 3.61. The van der Waals surface area contributed by atoms with Gasteiger partial charge in [0.1, 0.15) is 0 Å². The van der Waals surface area contributed by atoms with E-state index in [1.54, 1.807) is 0 Å². The van der Waals surface area contributed by atoms with Gasteiger partial charge in [0.25, 0.3) is 0 Å². The minimum absolute atomic E-state index is 0.00805. The highest BCUT2D eigenvalue weighted by Gasteiger charge is 2.17. The normalized spacial score (nSPS) is 18.4. The standard InChI is InChI=1S/C22H27ClN2O/c1-16-5-4-12-25(15-16)21-10-8-19(9-11-21)17(2)24-22(26)14-18-6-3-7-20(23)13-18/h3,6-11,13,16-17H,4-5,12,14-15H2,1-2H3,(H,24,26)/t16-,17+/m0/s1. The summed E-state index contributed by atoms with van der Waals surface area (Å²) >= 11 is 5.98. The lowest BCUT2D eigenvalue weighted by Gasteiger charge is -2.33. The maximum atomic E-state index is 12.3. The number of benzene rings is 2. The first-order chi connectivity index (χ1) is 12.5. The second kappa shape index (κ2) is 8.59. The Balaban J connectivity index is 1.57. The quantitative estimate of drug-likeness (QED) is 0.803. The second-order valence-electron chi connectivity index (χ2n) is 7.38. The summed E-state index contributed by atoms with van der Waals surface area (Å²) in [7, 11) is 0. The summed E-state index contributed by atoms with van der Waals surface area (Å²) in [5, 5.41) is 3.73. The molecule has 2 aromatic rings. The van der Waals surface area contributed by atoms with Crippen molar-refractivity contribution in [3.05, 3.63) is 64.7 Å². The molecular weight excluding hydrogens is 344 g/mol. The molecule has 3 nitrogen and oxygen atoms in total. The molecule has 0 unspecified atom stereocenters. The molecule has 4 heteroatoms. The number of hydrogen-bond acceptors (Lipinski definition) is 2. The molecule has 3 rings (SSSR count). The van der Waals surface area contributed by atoms with Gasteiger partial charge in [-0.15, -0.1) is 0 Å². The van der Waals surface area contributed by atoms with Crippen LogP contribution in [0.4, 0.5) is 5.69 Å². The lowest BCUT2D eigenvalue weighted by atomic mass is 9.99. The molecular formula is C22H27ClN2O. The molecule has 1 aliphatic heterocycles. The summed E-state index contributed by atoms with van der Waals surface area (Å²) in [5.74, 6) is 0.766. The predicted molar refractivity (Wildman–Crippen MR) is 109 cm³/mol. The van der Waals surface area contributed by atoms with Crippen LogP contribution in [0.25, 0.3) is 0 Å². The number of piperidine rings is 1. The summed E-state index contributed by atoms with van der Waals surface area (Å²) in [6.07, 6.45) is 2.93. The molecule has 0 saturated carbocycles. The summed E-state index contributed by atoms with van der Waals surface area (Å²) in [6.45, 7) is 6.60. The molecule has 138 valence electrons. The van der Waals surface area contributed by atoms with Gasteiger partial charge in [-0.1, -0.05) is 42.8 Å². The van der Waals surface area contributed by atoms with E-state index in [9.17, 15) is 4.79 Å². The monoisotopic (exact) mass is 370 g/mol. The van der Waals surface area contributed by atoms with Gasteiger partial charge in [-0.2, -0.15) is 0 Å². The minimum Gasteiger partial charge on any atom is -0.371 e. The van der Waals surface area contributed by atoms with Crippen molar-refractivity contribution in [2.24, 2.45) is 5.92 Å². The van der Waals surface area contributed by atoms with Crippen LogP contribution in [-0.4, -0.2) is 19.0 Å². The van der Waals surface area contributed by atoms with E-state index in [-0.39, 0.29) is 11.9 Å². The Hall–Kier alpha value is -2.00. The highest BCUT2D eigenvalue weighted by molar-refractivity contribution is 6.30. The molecule has 0 radical (unpaired) electrons. The Morgan fingerprint density at radius 1 is 1.27 bits per heavy atom. The fourth-order valence-corrected chi connectivity index (χ4v) is 3.82. The molecule has 1 fully saturated rings. The molecule has 1 heterocycles. The van der Waals surface area contributed by atoms with E-state index in [4.69, 9.17) is 11.6 Å². The average molecular weight is 371 g/mol. The number of hydrogen-bond donors (Lipinski definition) is 1. The number of nitrogens with zero attached hydrogens (tertiary/aromatic N) is 1. The molecule has 0 aliphatic carbocycles. The van der Waals surface area contributed by atoms with Crippen molar-refractivity contribution in [1.29, 1.82) is 0 Å². The Morgan fingerprint density at radius 2 is 2.04 bits per heavy atom. The van der Waals surface area contributed by atoms with Crippen molar-refractivity contribution >= 4 is 23.2 Å². The van der Waals surface area contributed by atoms with Crippen LogP contribution in [-0.2, 0) is 11.2 Å². The molecule has 1 saturated heterocycles. The molecule has 1 aliphatic rings. The van der Waals surface area contributed by atoms with Crippen molar-refractivity contribution in [2.45, 2.75) is 39.2 Å². The van der Waals surface area contributed by atoms with Gasteiger partial charge in [-0.3, -0.25) is 4.79 Å². The first-order valence-electron chi connectivity index (χ1n) is 9.40. The van der Waals surface area contributed by atoms with Gasteiger partial charge in [0, 0.05) is 23.8 Å². The first kappa shape index (κ1) is 18.8. The van der Waals surface area contributed by atoms with Crippen molar-refractivity contribution in [1.82, 2.24) is 5.32 Å². The van der Waals surface area contributed by atoms with Crippen LogP contribution in [0.1, 0.15) is 43.9 Å². The zero-order chi connectivity index (χ0) is 18.5. The number of nitrogens with one attached hydrogen (secondary N) is 1. The van der Waals surface area contributed by atoms with E-state index in [1.165, 1.54) is 18.5 Å². The minimum atomic E-state index is -0.0176. The third-order valence-corrected chi connectivity index (χ3v) is 5.28. The average Bonchev–Trinajstić information content (AvgIpc) is 2.61. The van der Waals surface area contributed by atoms with Gasteiger partial charge >= 0.3 is 0 Å². The summed E-state index contributed by atoms with van der Waals surface area (Å²) in [6, 6.07) is 16.0. The van der Waals surface area contributed by atoms with E-state index in [2.05, 4.69) is 41.4 Å². The van der Waals surface area contributed by atoms with Crippen LogP contribution in [0.5, 0.6) is 0 Å². The van der Waals surface area contributed by atoms with Crippen molar-refractivity contribution < 1.29 is 4.79 Å². The zero-order valence-electron chi connectivity index (χ0n) is 15.5. The van der Waals surface area contributed by atoms with Crippen molar-refractivity contribution in [3.8, 4) is 0 Å². The van der Waals surface area contributed by atoms with Crippen LogP contribution >= 0.6 is 11.6 Å². The molecule has 2 atom stereocenters. The summed E-state index contributed by atoms with van der Waals surface area (Å²) < 4.78 is 0. The van der Waals surface area contributed by atoms with Crippen molar-refractivity contribution in [2.75, 3.05) is 18.0 Å². The van der Waals surface area contributed by atoms with E-state index in [0.717, 1.165) is 30.1 Å². The Labute approximate surface area is 161 Å². The Bertz CT molecular complexity index is 744. The fraction of sp³-hybridized carbons (Fsp3) is 0.409. The molecule has 26 heavy (non-hydrogen) atoms. The summed E-state index contributed by atoms with van der Waals surface area (Å²) in [4.78, 5) is 14.8. The smallest absolute Gasteiger partial charge is 0.224 e. The third kappa shape index (κ3) is 5.01. The van der Waals surface area contributed by atoms with E-state index in [1.807, 2.05) is 31.2 Å². The topological polar surface area (TPSA) is 32.3 Å². The SMILES string of the molecule is C[C@H]1CCCN(c2ccc([C@@H](C)NC(=O)Cc3cccc(Cl)c3)cc2)C1. The number of carbonyl (C=O) groups excluding carboxylic acids is 1. The number of halogens is 1. The van der Waals surface area contributed by atoms with E-state index in [0.29, 0.717) is 11.4 Å². The van der Waals surface area contributed by atoms with Crippen LogP contribution in [0.15, 0.2) is 48.5 Å². The van der Waals surface area contributed by atoms with E-state index >= 15 is 0 Å². The van der Waals surface area contributed by atoms with Gasteiger partial charge in [-0.05, 0) is 61.1 Å².